The quantitative estimate of drug-likeness (QED) is 0.873. The zero-order valence-electron chi connectivity index (χ0n) is 12.4. The van der Waals surface area contributed by atoms with E-state index in [0.717, 1.165) is 22.6 Å². The highest BCUT2D eigenvalue weighted by Crippen LogP contribution is 2.26. The summed E-state index contributed by atoms with van der Waals surface area (Å²) in [5.41, 5.74) is 12.7. The number of ether oxygens (including phenoxy) is 1. The summed E-state index contributed by atoms with van der Waals surface area (Å²) in [6.07, 6.45) is 3.89. The summed E-state index contributed by atoms with van der Waals surface area (Å²) < 4.78 is 7.36. The number of anilines is 1. The molecule has 0 atom stereocenters. The van der Waals surface area contributed by atoms with Crippen LogP contribution >= 0.6 is 0 Å². The number of fused-ring (bicyclic) bond motifs is 1. The fraction of sp³-hybridized carbons (Fsp3) is 0.429. The molecule has 2 heterocycles. The molecule has 2 aromatic rings. The molecule has 0 saturated carbocycles. The number of pyridine rings is 1. The van der Waals surface area contributed by atoms with Crippen LogP contribution in [0.1, 0.15) is 30.9 Å². The van der Waals surface area contributed by atoms with Gasteiger partial charge in [0.05, 0.1) is 11.2 Å². The van der Waals surface area contributed by atoms with Crippen molar-refractivity contribution in [2.24, 2.45) is 0 Å². The van der Waals surface area contributed by atoms with E-state index in [9.17, 15) is 0 Å². The van der Waals surface area contributed by atoms with Crippen LogP contribution in [0.25, 0.3) is 17.1 Å². The standard InChI is InChI=1S/C14H21N5O/c1-5-7-10-9(3)13-12(14(15)17-10)18-11(8-20-6-2)19(13)16-4/h5,7,16H,6,8H2,1-4H3,(H2,15,17)/b7-5-. The number of imidazole rings is 1. The zero-order valence-corrected chi connectivity index (χ0v) is 12.4. The normalized spacial score (nSPS) is 11.6. The number of allylic oxidation sites excluding steroid dienone is 1. The first kappa shape index (κ1) is 14.3. The first-order valence-electron chi connectivity index (χ1n) is 6.69. The van der Waals surface area contributed by atoms with Gasteiger partial charge in [-0.05, 0) is 26.8 Å². The van der Waals surface area contributed by atoms with E-state index in [1.165, 1.54) is 0 Å². The number of rotatable bonds is 5. The summed E-state index contributed by atoms with van der Waals surface area (Å²) in [6, 6.07) is 0. The molecule has 108 valence electrons. The molecule has 0 aromatic carbocycles. The Hall–Kier alpha value is -2.08. The number of hydrogen-bond donors (Lipinski definition) is 2. The molecule has 0 fully saturated rings. The third kappa shape index (κ3) is 2.34. The first-order valence-corrected chi connectivity index (χ1v) is 6.69. The summed E-state index contributed by atoms with van der Waals surface area (Å²) in [5, 5.41) is 0. The van der Waals surface area contributed by atoms with E-state index in [-0.39, 0.29) is 0 Å². The molecule has 20 heavy (non-hydrogen) atoms. The van der Waals surface area contributed by atoms with Gasteiger partial charge < -0.3 is 15.9 Å². The minimum atomic E-state index is 0.434. The highest BCUT2D eigenvalue weighted by molar-refractivity contribution is 5.90. The van der Waals surface area contributed by atoms with Crippen LogP contribution in [0.15, 0.2) is 6.08 Å². The van der Waals surface area contributed by atoms with Crippen LogP contribution in [-0.2, 0) is 11.3 Å². The molecule has 2 aromatic heterocycles. The minimum absolute atomic E-state index is 0.434. The summed E-state index contributed by atoms with van der Waals surface area (Å²) in [7, 11) is 1.85. The second kappa shape index (κ2) is 5.92. The molecular formula is C14H21N5O. The Morgan fingerprint density at radius 1 is 1.40 bits per heavy atom. The Kier molecular flexibility index (Phi) is 4.24. The monoisotopic (exact) mass is 275 g/mol. The molecule has 3 N–H and O–H groups in total. The lowest BCUT2D eigenvalue weighted by molar-refractivity contribution is 0.127. The van der Waals surface area contributed by atoms with Crippen LogP contribution in [0.5, 0.6) is 0 Å². The fourth-order valence-electron chi connectivity index (χ4n) is 2.23. The smallest absolute Gasteiger partial charge is 0.154 e. The van der Waals surface area contributed by atoms with E-state index < -0.39 is 0 Å². The molecular weight excluding hydrogens is 254 g/mol. The predicted molar refractivity (Wildman–Crippen MR) is 82.0 cm³/mol. The van der Waals surface area contributed by atoms with Crippen molar-refractivity contribution in [1.82, 2.24) is 14.6 Å². The maximum Gasteiger partial charge on any atom is 0.154 e. The van der Waals surface area contributed by atoms with E-state index in [0.29, 0.717) is 24.5 Å². The topological polar surface area (TPSA) is 78.0 Å². The van der Waals surface area contributed by atoms with E-state index in [2.05, 4.69) is 15.4 Å². The number of nitrogens with zero attached hydrogens (tertiary/aromatic N) is 3. The molecule has 0 radical (unpaired) electrons. The van der Waals surface area contributed by atoms with Crippen molar-refractivity contribution >= 4 is 22.9 Å². The van der Waals surface area contributed by atoms with Crippen LogP contribution in [0.4, 0.5) is 5.82 Å². The lowest BCUT2D eigenvalue weighted by atomic mass is 10.1. The number of nitrogen functional groups attached to an aromatic ring is 1. The van der Waals surface area contributed by atoms with Gasteiger partial charge in [-0.25, -0.2) is 14.6 Å². The molecule has 0 saturated heterocycles. The predicted octanol–water partition coefficient (Wildman–Crippen LogP) is 2.06. The van der Waals surface area contributed by atoms with E-state index >= 15 is 0 Å². The molecule has 0 amide bonds. The van der Waals surface area contributed by atoms with Gasteiger partial charge in [0.1, 0.15) is 12.1 Å². The minimum Gasteiger partial charge on any atom is -0.382 e. The first-order chi connectivity index (χ1) is 9.63. The van der Waals surface area contributed by atoms with Crippen molar-refractivity contribution in [2.75, 3.05) is 24.8 Å². The van der Waals surface area contributed by atoms with Crippen molar-refractivity contribution in [3.8, 4) is 0 Å². The Labute approximate surface area is 118 Å². The van der Waals surface area contributed by atoms with Gasteiger partial charge in [0, 0.05) is 19.2 Å². The van der Waals surface area contributed by atoms with Gasteiger partial charge in [-0.3, -0.25) is 0 Å². The van der Waals surface area contributed by atoms with Crippen LogP contribution in [0.2, 0.25) is 0 Å². The third-order valence-electron chi connectivity index (χ3n) is 3.15. The summed E-state index contributed by atoms with van der Waals surface area (Å²) in [4.78, 5) is 8.95. The second-order valence-corrected chi connectivity index (χ2v) is 4.43. The average molecular weight is 275 g/mol. The largest absolute Gasteiger partial charge is 0.382 e. The zero-order chi connectivity index (χ0) is 14.7. The molecule has 2 rings (SSSR count). The van der Waals surface area contributed by atoms with E-state index in [4.69, 9.17) is 10.5 Å². The highest BCUT2D eigenvalue weighted by Gasteiger charge is 2.17. The van der Waals surface area contributed by atoms with Crippen molar-refractivity contribution < 1.29 is 4.74 Å². The maximum atomic E-state index is 6.03. The van der Waals surface area contributed by atoms with Gasteiger partial charge in [-0.1, -0.05) is 6.08 Å². The molecule has 0 aliphatic carbocycles. The van der Waals surface area contributed by atoms with Gasteiger partial charge in [-0.2, -0.15) is 0 Å². The Bertz CT molecular complexity index is 645. The number of aryl methyl sites for hydroxylation is 1. The summed E-state index contributed by atoms with van der Waals surface area (Å²) in [5.74, 6) is 1.23. The van der Waals surface area contributed by atoms with Gasteiger partial charge in [0.15, 0.2) is 11.6 Å². The average Bonchev–Trinajstić information content (AvgIpc) is 2.81. The van der Waals surface area contributed by atoms with Crippen molar-refractivity contribution in [2.45, 2.75) is 27.4 Å². The highest BCUT2D eigenvalue weighted by atomic mass is 16.5. The molecule has 0 aliphatic rings. The van der Waals surface area contributed by atoms with Crippen LogP contribution in [0.3, 0.4) is 0 Å². The van der Waals surface area contributed by atoms with E-state index in [1.54, 1.807) is 0 Å². The lowest BCUT2D eigenvalue weighted by Gasteiger charge is -2.10. The molecule has 6 heteroatoms. The summed E-state index contributed by atoms with van der Waals surface area (Å²) in [6.45, 7) is 7.01. The van der Waals surface area contributed by atoms with Crippen molar-refractivity contribution in [3.05, 3.63) is 23.2 Å². The van der Waals surface area contributed by atoms with Crippen molar-refractivity contribution in [3.63, 3.8) is 0 Å². The van der Waals surface area contributed by atoms with Crippen LogP contribution in [0, 0.1) is 6.92 Å². The SMILES string of the molecule is C/C=C\c1nc(N)c2nc(COCC)n(NC)c2c1C. The van der Waals surface area contributed by atoms with Gasteiger partial charge in [0.25, 0.3) is 0 Å². The van der Waals surface area contributed by atoms with E-state index in [1.807, 2.05) is 44.6 Å². The molecule has 6 nitrogen and oxygen atoms in total. The van der Waals surface area contributed by atoms with Crippen LogP contribution in [-0.4, -0.2) is 28.3 Å². The van der Waals surface area contributed by atoms with Gasteiger partial charge in [0.2, 0.25) is 0 Å². The number of aromatic nitrogens is 3. The molecule has 0 spiro atoms. The molecule has 0 unspecified atom stereocenters. The number of hydrogen-bond acceptors (Lipinski definition) is 5. The van der Waals surface area contributed by atoms with Crippen LogP contribution < -0.4 is 11.2 Å². The lowest BCUT2D eigenvalue weighted by Crippen LogP contribution is -2.14. The van der Waals surface area contributed by atoms with Crippen molar-refractivity contribution in [1.29, 1.82) is 0 Å². The Morgan fingerprint density at radius 3 is 2.75 bits per heavy atom. The maximum absolute atomic E-state index is 6.03. The van der Waals surface area contributed by atoms with Gasteiger partial charge >= 0.3 is 0 Å². The van der Waals surface area contributed by atoms with Gasteiger partial charge in [-0.15, -0.1) is 0 Å². The summed E-state index contributed by atoms with van der Waals surface area (Å²) >= 11 is 0. The number of nitrogens with one attached hydrogen (secondary N) is 1. The third-order valence-corrected chi connectivity index (χ3v) is 3.15. The Morgan fingerprint density at radius 2 is 2.15 bits per heavy atom. The molecule has 0 bridgehead atoms. The number of nitrogens with two attached hydrogens (primary N) is 1. The fourth-order valence-corrected chi connectivity index (χ4v) is 2.23. The Balaban J connectivity index is 2.70. The second-order valence-electron chi connectivity index (χ2n) is 4.43. The molecule has 0 aliphatic heterocycles.